The third-order valence-corrected chi connectivity index (χ3v) is 3.02. The second-order valence-corrected chi connectivity index (χ2v) is 5.77. The minimum absolute atomic E-state index is 0.323. The lowest BCUT2D eigenvalue weighted by Crippen LogP contribution is -2.36. The van der Waals surface area contributed by atoms with Gasteiger partial charge in [0.2, 0.25) is 0 Å². The van der Waals surface area contributed by atoms with Crippen LogP contribution in [0.1, 0.15) is 46.5 Å². The molecule has 0 spiro atoms. The summed E-state index contributed by atoms with van der Waals surface area (Å²) in [5.74, 6) is 3.79. The van der Waals surface area contributed by atoms with E-state index >= 15 is 0 Å². The molecular weight excluding hydrogens is 214 g/mol. The Balaban J connectivity index is 2.20. The Morgan fingerprint density at radius 3 is 2.41 bits per heavy atom. The SMILES string of the molecule is C#CC1CCC(CNC(=O)OC(C)(C)C)CC1. The number of hydrogen-bond acceptors (Lipinski definition) is 2. The number of rotatable bonds is 2. The summed E-state index contributed by atoms with van der Waals surface area (Å²) in [7, 11) is 0. The van der Waals surface area contributed by atoms with Gasteiger partial charge < -0.3 is 10.1 Å². The maximum absolute atomic E-state index is 11.5. The summed E-state index contributed by atoms with van der Waals surface area (Å²) in [4.78, 5) is 11.5. The Hall–Kier alpha value is -1.17. The number of nitrogens with one attached hydrogen (secondary N) is 1. The molecule has 1 aliphatic rings. The van der Waals surface area contributed by atoms with E-state index in [-0.39, 0.29) is 6.09 Å². The van der Waals surface area contributed by atoms with Gasteiger partial charge in [-0.2, -0.15) is 0 Å². The monoisotopic (exact) mass is 237 g/mol. The quantitative estimate of drug-likeness (QED) is 0.750. The van der Waals surface area contributed by atoms with E-state index in [2.05, 4.69) is 11.2 Å². The summed E-state index contributed by atoms with van der Waals surface area (Å²) in [6, 6.07) is 0. The maximum Gasteiger partial charge on any atom is 0.407 e. The van der Waals surface area contributed by atoms with E-state index in [4.69, 9.17) is 11.2 Å². The molecule has 17 heavy (non-hydrogen) atoms. The Bertz CT molecular complexity index is 290. The molecule has 1 saturated carbocycles. The van der Waals surface area contributed by atoms with Crippen molar-refractivity contribution in [1.29, 1.82) is 0 Å². The summed E-state index contributed by atoms with van der Waals surface area (Å²) in [6.07, 6.45) is 9.44. The average Bonchev–Trinajstić information content (AvgIpc) is 2.25. The molecule has 0 unspecified atom stereocenters. The molecule has 0 aromatic heterocycles. The number of ether oxygens (including phenoxy) is 1. The van der Waals surface area contributed by atoms with E-state index in [1.54, 1.807) is 0 Å². The fraction of sp³-hybridized carbons (Fsp3) is 0.786. The highest BCUT2D eigenvalue weighted by Crippen LogP contribution is 2.27. The first-order valence-corrected chi connectivity index (χ1v) is 6.33. The van der Waals surface area contributed by atoms with E-state index < -0.39 is 5.60 Å². The number of hydrogen-bond donors (Lipinski definition) is 1. The smallest absolute Gasteiger partial charge is 0.407 e. The van der Waals surface area contributed by atoms with Gasteiger partial charge in [-0.15, -0.1) is 12.3 Å². The van der Waals surface area contributed by atoms with Gasteiger partial charge in [-0.3, -0.25) is 0 Å². The van der Waals surface area contributed by atoms with Crippen molar-refractivity contribution < 1.29 is 9.53 Å². The standard InChI is InChI=1S/C14H23NO2/c1-5-11-6-8-12(9-7-11)10-15-13(16)17-14(2,3)4/h1,11-12H,6-10H2,2-4H3,(H,15,16). The molecule has 0 aliphatic heterocycles. The molecule has 0 atom stereocenters. The van der Waals surface area contributed by atoms with Crippen molar-refractivity contribution in [2.24, 2.45) is 11.8 Å². The highest BCUT2D eigenvalue weighted by Gasteiger charge is 2.21. The minimum Gasteiger partial charge on any atom is -0.444 e. The molecule has 96 valence electrons. The molecule has 0 bridgehead atoms. The summed E-state index contributed by atoms with van der Waals surface area (Å²) < 4.78 is 5.19. The highest BCUT2D eigenvalue weighted by atomic mass is 16.6. The summed E-state index contributed by atoms with van der Waals surface area (Å²) in [5.41, 5.74) is -0.425. The van der Waals surface area contributed by atoms with Gasteiger partial charge in [-0.05, 0) is 52.4 Å². The van der Waals surface area contributed by atoms with Gasteiger partial charge in [0, 0.05) is 12.5 Å². The predicted molar refractivity (Wildman–Crippen MR) is 68.5 cm³/mol. The third kappa shape index (κ3) is 5.63. The van der Waals surface area contributed by atoms with Gasteiger partial charge in [-0.1, -0.05) is 0 Å². The Kier molecular flexibility index (Phi) is 4.86. The fourth-order valence-corrected chi connectivity index (χ4v) is 2.08. The summed E-state index contributed by atoms with van der Waals surface area (Å²) in [6.45, 7) is 6.30. The van der Waals surface area contributed by atoms with Crippen molar-refractivity contribution in [2.75, 3.05) is 6.54 Å². The zero-order valence-corrected chi connectivity index (χ0v) is 11.1. The Morgan fingerprint density at radius 1 is 1.35 bits per heavy atom. The Labute approximate surface area is 104 Å². The zero-order chi connectivity index (χ0) is 12.9. The van der Waals surface area contributed by atoms with Crippen LogP contribution in [0.4, 0.5) is 4.79 Å². The van der Waals surface area contributed by atoms with Crippen molar-refractivity contribution in [3.63, 3.8) is 0 Å². The van der Waals surface area contributed by atoms with Crippen LogP contribution in [0.3, 0.4) is 0 Å². The minimum atomic E-state index is -0.425. The first-order chi connectivity index (χ1) is 7.90. The lowest BCUT2D eigenvalue weighted by Gasteiger charge is -2.26. The molecule has 1 fully saturated rings. The van der Waals surface area contributed by atoms with E-state index in [9.17, 15) is 4.79 Å². The van der Waals surface area contributed by atoms with Gasteiger partial charge in [0.1, 0.15) is 5.60 Å². The molecule has 0 aromatic rings. The van der Waals surface area contributed by atoms with Crippen LogP contribution in [-0.4, -0.2) is 18.2 Å². The van der Waals surface area contributed by atoms with Crippen LogP contribution in [0.15, 0.2) is 0 Å². The van der Waals surface area contributed by atoms with Crippen molar-refractivity contribution in [3.05, 3.63) is 0 Å². The lowest BCUT2D eigenvalue weighted by atomic mass is 9.82. The second-order valence-electron chi connectivity index (χ2n) is 5.77. The van der Waals surface area contributed by atoms with Gasteiger partial charge in [0.05, 0.1) is 0 Å². The van der Waals surface area contributed by atoms with Gasteiger partial charge in [0.15, 0.2) is 0 Å². The molecule has 1 N–H and O–H groups in total. The van der Waals surface area contributed by atoms with Crippen LogP contribution in [0.5, 0.6) is 0 Å². The van der Waals surface area contributed by atoms with Crippen molar-refractivity contribution >= 4 is 6.09 Å². The second kappa shape index (κ2) is 5.95. The normalized spacial score (nSPS) is 24.8. The lowest BCUT2D eigenvalue weighted by molar-refractivity contribution is 0.0514. The fourth-order valence-electron chi connectivity index (χ4n) is 2.08. The molecule has 1 rings (SSSR count). The molecule has 0 aromatic carbocycles. The topological polar surface area (TPSA) is 38.3 Å². The molecule has 0 radical (unpaired) electrons. The van der Waals surface area contributed by atoms with Crippen molar-refractivity contribution in [3.8, 4) is 12.3 Å². The molecule has 1 aliphatic carbocycles. The molecule has 0 saturated heterocycles. The molecule has 1 amide bonds. The van der Waals surface area contributed by atoms with Crippen LogP contribution in [0.2, 0.25) is 0 Å². The molecule has 3 nitrogen and oxygen atoms in total. The van der Waals surface area contributed by atoms with Crippen LogP contribution >= 0.6 is 0 Å². The third-order valence-electron chi connectivity index (χ3n) is 3.02. The van der Waals surface area contributed by atoms with Crippen LogP contribution in [0, 0.1) is 24.2 Å². The first kappa shape index (κ1) is 13.9. The first-order valence-electron chi connectivity index (χ1n) is 6.33. The summed E-state index contributed by atoms with van der Waals surface area (Å²) in [5, 5.41) is 2.83. The van der Waals surface area contributed by atoms with Gasteiger partial charge in [-0.25, -0.2) is 4.79 Å². The Morgan fingerprint density at radius 2 is 1.94 bits per heavy atom. The number of carbonyl (C=O) groups excluding carboxylic acids is 1. The maximum atomic E-state index is 11.5. The number of amides is 1. The van der Waals surface area contributed by atoms with Crippen LogP contribution < -0.4 is 5.32 Å². The predicted octanol–water partition coefficient (Wildman–Crippen LogP) is 2.95. The highest BCUT2D eigenvalue weighted by molar-refractivity contribution is 5.67. The molecule has 0 heterocycles. The molecular formula is C14H23NO2. The van der Waals surface area contributed by atoms with Gasteiger partial charge >= 0.3 is 6.09 Å². The average molecular weight is 237 g/mol. The largest absolute Gasteiger partial charge is 0.444 e. The molecule has 3 heteroatoms. The van der Waals surface area contributed by atoms with E-state index in [0.717, 1.165) is 25.7 Å². The van der Waals surface area contributed by atoms with E-state index in [0.29, 0.717) is 18.4 Å². The van der Waals surface area contributed by atoms with Gasteiger partial charge in [0.25, 0.3) is 0 Å². The zero-order valence-electron chi connectivity index (χ0n) is 11.1. The van der Waals surface area contributed by atoms with Crippen LogP contribution in [-0.2, 0) is 4.74 Å². The number of alkyl carbamates (subject to hydrolysis) is 1. The number of carbonyl (C=O) groups is 1. The summed E-state index contributed by atoms with van der Waals surface area (Å²) >= 11 is 0. The van der Waals surface area contributed by atoms with E-state index in [1.165, 1.54) is 0 Å². The van der Waals surface area contributed by atoms with Crippen molar-refractivity contribution in [2.45, 2.75) is 52.1 Å². The van der Waals surface area contributed by atoms with E-state index in [1.807, 2.05) is 20.8 Å². The number of terminal acetylenes is 1. The van der Waals surface area contributed by atoms with Crippen molar-refractivity contribution in [1.82, 2.24) is 5.32 Å². The van der Waals surface area contributed by atoms with Crippen LogP contribution in [0.25, 0.3) is 0 Å².